The standard InChI is InChI=1S/C18H35N7/c1-6-19-18(21-14-17-15(3)22-23(5)16(17)4)20-8-9-25-12-10-24(7-2)11-13-25/h6-14H2,1-5H3,(H2,19,20,21). The van der Waals surface area contributed by atoms with E-state index in [1.54, 1.807) is 0 Å². The molecule has 1 aromatic heterocycles. The zero-order valence-electron chi connectivity index (χ0n) is 16.6. The number of hydrogen-bond acceptors (Lipinski definition) is 4. The summed E-state index contributed by atoms with van der Waals surface area (Å²) in [6, 6.07) is 0. The van der Waals surface area contributed by atoms with E-state index in [-0.39, 0.29) is 0 Å². The highest BCUT2D eigenvalue weighted by Gasteiger charge is 2.15. The van der Waals surface area contributed by atoms with Crippen molar-refractivity contribution in [2.24, 2.45) is 12.0 Å². The summed E-state index contributed by atoms with van der Waals surface area (Å²) in [5.41, 5.74) is 3.47. The molecule has 0 atom stereocenters. The molecular formula is C18H35N7. The van der Waals surface area contributed by atoms with Gasteiger partial charge in [-0.05, 0) is 27.3 Å². The Labute approximate surface area is 152 Å². The van der Waals surface area contributed by atoms with Gasteiger partial charge in [-0.15, -0.1) is 0 Å². The van der Waals surface area contributed by atoms with Crippen LogP contribution in [-0.4, -0.2) is 77.9 Å². The van der Waals surface area contributed by atoms with Gasteiger partial charge in [0, 0.05) is 64.1 Å². The number of aromatic nitrogens is 2. The first kappa shape index (κ1) is 19.7. The minimum Gasteiger partial charge on any atom is -0.357 e. The minimum absolute atomic E-state index is 0.663. The second-order valence-corrected chi connectivity index (χ2v) is 6.67. The lowest BCUT2D eigenvalue weighted by Crippen LogP contribution is -2.49. The molecule has 1 aromatic rings. The minimum atomic E-state index is 0.663. The van der Waals surface area contributed by atoms with Crippen LogP contribution in [0.2, 0.25) is 0 Å². The Morgan fingerprint density at radius 1 is 1.08 bits per heavy atom. The zero-order chi connectivity index (χ0) is 18.2. The first-order chi connectivity index (χ1) is 12.0. The van der Waals surface area contributed by atoms with Crippen LogP contribution >= 0.6 is 0 Å². The Balaban J connectivity index is 1.82. The predicted molar refractivity (Wildman–Crippen MR) is 104 cm³/mol. The molecule has 0 bridgehead atoms. The summed E-state index contributed by atoms with van der Waals surface area (Å²) in [5, 5.41) is 11.3. The van der Waals surface area contributed by atoms with E-state index in [1.165, 1.54) is 24.3 Å². The normalized spacial score (nSPS) is 17.1. The fraction of sp³-hybridized carbons (Fsp3) is 0.778. The van der Waals surface area contributed by atoms with Gasteiger partial charge in [-0.1, -0.05) is 6.92 Å². The molecule has 7 nitrogen and oxygen atoms in total. The third-order valence-electron chi connectivity index (χ3n) is 5.03. The van der Waals surface area contributed by atoms with E-state index in [1.807, 2.05) is 18.7 Å². The fourth-order valence-electron chi connectivity index (χ4n) is 3.21. The van der Waals surface area contributed by atoms with E-state index >= 15 is 0 Å². The van der Waals surface area contributed by atoms with Gasteiger partial charge in [0.1, 0.15) is 0 Å². The maximum atomic E-state index is 4.74. The monoisotopic (exact) mass is 349 g/mol. The average molecular weight is 350 g/mol. The van der Waals surface area contributed by atoms with E-state index in [0.717, 1.165) is 50.9 Å². The molecular weight excluding hydrogens is 314 g/mol. The van der Waals surface area contributed by atoms with Crippen LogP contribution in [0.15, 0.2) is 4.99 Å². The number of aryl methyl sites for hydroxylation is 2. The average Bonchev–Trinajstić information content (AvgIpc) is 2.85. The van der Waals surface area contributed by atoms with Crippen LogP contribution in [0, 0.1) is 13.8 Å². The SMILES string of the molecule is CCNC(=NCc1c(C)nn(C)c1C)NCCN1CCN(CC)CC1. The largest absolute Gasteiger partial charge is 0.357 e. The highest BCUT2D eigenvalue weighted by Crippen LogP contribution is 2.12. The first-order valence-electron chi connectivity index (χ1n) is 9.51. The van der Waals surface area contributed by atoms with Gasteiger partial charge < -0.3 is 15.5 Å². The fourth-order valence-corrected chi connectivity index (χ4v) is 3.21. The number of hydrogen-bond donors (Lipinski definition) is 2. The summed E-state index contributed by atoms with van der Waals surface area (Å²) < 4.78 is 1.93. The van der Waals surface area contributed by atoms with E-state index in [9.17, 15) is 0 Å². The van der Waals surface area contributed by atoms with Gasteiger partial charge in [0.05, 0.1) is 12.2 Å². The predicted octanol–water partition coefficient (Wildman–Crippen LogP) is 0.730. The molecule has 1 aliphatic heterocycles. The molecule has 1 saturated heterocycles. The smallest absolute Gasteiger partial charge is 0.191 e. The number of rotatable bonds is 7. The van der Waals surface area contributed by atoms with Crippen LogP contribution in [0.25, 0.3) is 0 Å². The highest BCUT2D eigenvalue weighted by molar-refractivity contribution is 5.79. The van der Waals surface area contributed by atoms with Gasteiger partial charge in [0.15, 0.2) is 5.96 Å². The van der Waals surface area contributed by atoms with Gasteiger partial charge in [0.2, 0.25) is 0 Å². The molecule has 0 saturated carbocycles. The van der Waals surface area contributed by atoms with Gasteiger partial charge in [-0.2, -0.15) is 5.10 Å². The third kappa shape index (κ3) is 5.71. The number of nitrogens with one attached hydrogen (secondary N) is 2. The number of aliphatic imine (C=N–C) groups is 1. The number of guanidine groups is 1. The molecule has 25 heavy (non-hydrogen) atoms. The van der Waals surface area contributed by atoms with E-state index in [2.05, 4.69) is 46.3 Å². The second kappa shape index (κ2) is 9.77. The molecule has 2 heterocycles. The molecule has 0 unspecified atom stereocenters. The molecule has 0 aliphatic carbocycles. The van der Waals surface area contributed by atoms with Gasteiger partial charge in [-0.25, -0.2) is 4.99 Å². The summed E-state index contributed by atoms with van der Waals surface area (Å²) in [6.45, 7) is 17.9. The zero-order valence-corrected chi connectivity index (χ0v) is 16.6. The van der Waals surface area contributed by atoms with E-state index in [4.69, 9.17) is 4.99 Å². The quantitative estimate of drug-likeness (QED) is 0.561. The van der Waals surface area contributed by atoms with E-state index in [0.29, 0.717) is 6.54 Å². The van der Waals surface area contributed by atoms with Crippen molar-refractivity contribution in [1.29, 1.82) is 0 Å². The maximum Gasteiger partial charge on any atom is 0.191 e. The van der Waals surface area contributed by atoms with Crippen molar-refractivity contribution in [2.75, 3.05) is 52.4 Å². The molecule has 7 heteroatoms. The summed E-state index contributed by atoms with van der Waals surface area (Å²) in [5.74, 6) is 0.886. The van der Waals surface area contributed by atoms with Crippen molar-refractivity contribution in [3.63, 3.8) is 0 Å². The number of piperazine rings is 1. The molecule has 1 aliphatic rings. The van der Waals surface area contributed by atoms with Crippen molar-refractivity contribution >= 4 is 5.96 Å². The van der Waals surface area contributed by atoms with Crippen molar-refractivity contribution in [1.82, 2.24) is 30.2 Å². The number of likely N-dealkylation sites (N-methyl/N-ethyl adjacent to an activating group) is 1. The van der Waals surface area contributed by atoms with Gasteiger partial charge >= 0.3 is 0 Å². The summed E-state index contributed by atoms with van der Waals surface area (Å²) in [4.78, 5) is 9.77. The molecule has 0 aromatic carbocycles. The molecule has 0 spiro atoms. The molecule has 1 fully saturated rings. The van der Waals surface area contributed by atoms with Crippen molar-refractivity contribution in [3.8, 4) is 0 Å². The topological polar surface area (TPSA) is 60.7 Å². The summed E-state index contributed by atoms with van der Waals surface area (Å²) in [7, 11) is 1.98. The second-order valence-electron chi connectivity index (χ2n) is 6.67. The lowest BCUT2D eigenvalue weighted by Gasteiger charge is -2.34. The molecule has 2 rings (SSSR count). The lowest BCUT2D eigenvalue weighted by atomic mass is 10.2. The van der Waals surface area contributed by atoms with Crippen molar-refractivity contribution in [3.05, 3.63) is 17.0 Å². The van der Waals surface area contributed by atoms with Crippen molar-refractivity contribution in [2.45, 2.75) is 34.2 Å². The first-order valence-corrected chi connectivity index (χ1v) is 9.51. The lowest BCUT2D eigenvalue weighted by molar-refractivity contribution is 0.139. The summed E-state index contributed by atoms with van der Waals surface area (Å²) >= 11 is 0. The Morgan fingerprint density at radius 3 is 2.32 bits per heavy atom. The van der Waals surface area contributed by atoms with E-state index < -0.39 is 0 Å². The van der Waals surface area contributed by atoms with Crippen LogP contribution in [0.4, 0.5) is 0 Å². The third-order valence-corrected chi connectivity index (χ3v) is 5.03. The molecule has 2 N–H and O–H groups in total. The molecule has 142 valence electrons. The van der Waals surface area contributed by atoms with Crippen LogP contribution in [0.3, 0.4) is 0 Å². The Bertz CT molecular complexity index is 556. The number of nitrogens with zero attached hydrogens (tertiary/aromatic N) is 5. The Hall–Kier alpha value is -1.60. The Kier molecular flexibility index (Phi) is 7.71. The molecule has 0 amide bonds. The van der Waals surface area contributed by atoms with Gasteiger partial charge in [-0.3, -0.25) is 9.58 Å². The molecule has 0 radical (unpaired) electrons. The maximum absolute atomic E-state index is 4.74. The van der Waals surface area contributed by atoms with Crippen LogP contribution in [0.1, 0.15) is 30.8 Å². The van der Waals surface area contributed by atoms with Crippen molar-refractivity contribution < 1.29 is 0 Å². The van der Waals surface area contributed by atoms with Gasteiger partial charge in [0.25, 0.3) is 0 Å². The Morgan fingerprint density at radius 2 is 1.76 bits per heavy atom. The van der Waals surface area contributed by atoms with Crippen LogP contribution in [-0.2, 0) is 13.6 Å². The summed E-state index contributed by atoms with van der Waals surface area (Å²) in [6.07, 6.45) is 0. The highest BCUT2D eigenvalue weighted by atomic mass is 15.3. The van der Waals surface area contributed by atoms with Crippen LogP contribution in [0.5, 0.6) is 0 Å². The van der Waals surface area contributed by atoms with Crippen LogP contribution < -0.4 is 10.6 Å².